The summed E-state index contributed by atoms with van der Waals surface area (Å²) < 4.78 is 32.3. The van der Waals surface area contributed by atoms with Crippen LogP contribution in [-0.2, 0) is 21.3 Å². The monoisotopic (exact) mass is 398 g/mol. The van der Waals surface area contributed by atoms with Gasteiger partial charge in [-0.25, -0.2) is 8.42 Å². The van der Waals surface area contributed by atoms with Gasteiger partial charge in [-0.2, -0.15) is 4.31 Å². The van der Waals surface area contributed by atoms with Gasteiger partial charge >= 0.3 is 0 Å². The van der Waals surface area contributed by atoms with E-state index in [1.807, 2.05) is 6.92 Å². The van der Waals surface area contributed by atoms with Gasteiger partial charge in [0.25, 0.3) is 0 Å². The second-order valence-corrected chi connectivity index (χ2v) is 9.27. The highest BCUT2D eigenvalue weighted by Crippen LogP contribution is 2.33. The average molecular weight is 399 g/mol. The van der Waals surface area contributed by atoms with Crippen molar-refractivity contribution in [1.29, 1.82) is 0 Å². The van der Waals surface area contributed by atoms with Gasteiger partial charge in [-0.05, 0) is 41.9 Å². The number of hydrogen-bond donors (Lipinski definition) is 1. The molecule has 0 aliphatic heterocycles. The van der Waals surface area contributed by atoms with Gasteiger partial charge in [0.2, 0.25) is 10.0 Å². The molecule has 0 bridgehead atoms. The normalized spacial score (nSPS) is 13.8. The van der Waals surface area contributed by atoms with Gasteiger partial charge in [-0.15, -0.1) is 11.3 Å². The van der Waals surface area contributed by atoms with Gasteiger partial charge in [0.05, 0.1) is 10.4 Å². The second kappa shape index (κ2) is 8.59. The number of thiophene rings is 1. The zero-order valence-corrected chi connectivity index (χ0v) is 16.1. The van der Waals surface area contributed by atoms with E-state index in [0.717, 1.165) is 17.8 Å². The number of hydrogen-bond acceptors (Lipinski definition) is 5. The summed E-state index contributed by atoms with van der Waals surface area (Å²) in [5, 5.41) is 3.28. The van der Waals surface area contributed by atoms with Crippen LogP contribution >= 0.6 is 27.3 Å². The summed E-state index contributed by atoms with van der Waals surface area (Å²) in [5.41, 5.74) is 0. The summed E-state index contributed by atoms with van der Waals surface area (Å²) in [4.78, 5) is 1.33. The third-order valence-corrected chi connectivity index (χ3v) is 7.34. The minimum Gasteiger partial charge on any atom is -0.383 e. The molecule has 1 aromatic heterocycles. The number of nitrogens with one attached hydrogen (secondary N) is 1. The molecule has 122 valence electrons. The summed E-state index contributed by atoms with van der Waals surface area (Å²) in [6.45, 7) is 5.89. The first-order valence-electron chi connectivity index (χ1n) is 6.80. The zero-order chi connectivity index (χ0) is 16.0. The number of methoxy groups -OCH3 is 1. The maximum absolute atomic E-state index is 12.6. The fourth-order valence-corrected chi connectivity index (χ4v) is 5.73. The van der Waals surface area contributed by atoms with Crippen molar-refractivity contribution in [3.63, 3.8) is 0 Å². The summed E-state index contributed by atoms with van der Waals surface area (Å²) in [6.07, 6.45) is 1.05. The highest BCUT2D eigenvalue weighted by atomic mass is 79.9. The van der Waals surface area contributed by atoms with E-state index in [9.17, 15) is 8.42 Å². The lowest BCUT2D eigenvalue weighted by molar-refractivity contribution is 0.149. The highest BCUT2D eigenvalue weighted by Gasteiger charge is 2.28. The molecular weight excluding hydrogens is 376 g/mol. The van der Waals surface area contributed by atoms with Crippen LogP contribution in [0.3, 0.4) is 0 Å². The van der Waals surface area contributed by atoms with Gasteiger partial charge in [0.15, 0.2) is 0 Å². The quantitative estimate of drug-likeness (QED) is 0.649. The van der Waals surface area contributed by atoms with Crippen LogP contribution in [0.15, 0.2) is 14.7 Å². The molecule has 0 fully saturated rings. The third-order valence-electron chi connectivity index (χ3n) is 3.12. The van der Waals surface area contributed by atoms with Crippen LogP contribution in [0, 0.1) is 0 Å². The Kier molecular flexibility index (Phi) is 7.80. The topological polar surface area (TPSA) is 58.6 Å². The van der Waals surface area contributed by atoms with Crippen molar-refractivity contribution < 1.29 is 13.2 Å². The van der Waals surface area contributed by atoms with Crippen LogP contribution in [0.4, 0.5) is 0 Å². The fraction of sp³-hybridized carbons (Fsp3) is 0.692. The molecule has 0 radical (unpaired) electrons. The lowest BCUT2D eigenvalue weighted by Crippen LogP contribution is -2.37. The van der Waals surface area contributed by atoms with E-state index in [1.54, 1.807) is 20.2 Å². The van der Waals surface area contributed by atoms with E-state index in [4.69, 9.17) is 4.74 Å². The van der Waals surface area contributed by atoms with Gasteiger partial charge in [-0.1, -0.05) is 6.92 Å². The van der Waals surface area contributed by atoms with Crippen LogP contribution < -0.4 is 5.32 Å². The van der Waals surface area contributed by atoms with Crippen molar-refractivity contribution in [2.24, 2.45) is 0 Å². The van der Waals surface area contributed by atoms with E-state index in [0.29, 0.717) is 21.8 Å². The first-order valence-corrected chi connectivity index (χ1v) is 9.85. The Bertz CT molecular complexity index is 546. The lowest BCUT2D eigenvalue weighted by atomic mass is 10.4. The number of ether oxygens (including phenoxy) is 1. The predicted octanol–water partition coefficient (Wildman–Crippen LogP) is 2.67. The Morgan fingerprint density at radius 1 is 1.52 bits per heavy atom. The summed E-state index contributed by atoms with van der Waals surface area (Å²) in [7, 11) is -0.366. The zero-order valence-electron chi connectivity index (χ0n) is 12.8. The molecule has 1 atom stereocenters. The fourth-order valence-electron chi connectivity index (χ4n) is 1.79. The molecular formula is C13H23BrN2O3S2. The predicted molar refractivity (Wildman–Crippen MR) is 90.3 cm³/mol. The first-order chi connectivity index (χ1) is 9.84. The molecule has 1 rings (SSSR count). The van der Waals surface area contributed by atoms with Gasteiger partial charge in [0, 0.05) is 31.6 Å². The Labute approximate surface area is 139 Å². The summed E-state index contributed by atoms with van der Waals surface area (Å²) in [5.74, 6) is 0. The molecule has 1 N–H and O–H groups in total. The van der Waals surface area contributed by atoms with Gasteiger partial charge < -0.3 is 10.1 Å². The Balaban J connectivity index is 2.92. The highest BCUT2D eigenvalue weighted by molar-refractivity contribution is 9.11. The molecule has 0 saturated heterocycles. The van der Waals surface area contributed by atoms with E-state index < -0.39 is 10.0 Å². The molecule has 1 heterocycles. The molecule has 1 unspecified atom stereocenters. The standard InChI is InChI=1S/C13H23BrN2O3S2/c1-5-6-15-8-11-7-12(13(14)20-11)21(17,18)16(3)10(2)9-19-4/h7,10,15H,5-6,8-9H2,1-4H3. The number of sulfonamides is 1. The van der Waals surface area contributed by atoms with Crippen molar-refractivity contribution in [3.8, 4) is 0 Å². The summed E-state index contributed by atoms with van der Waals surface area (Å²) >= 11 is 4.82. The second-order valence-electron chi connectivity index (χ2n) is 4.85. The van der Waals surface area contributed by atoms with E-state index in [1.165, 1.54) is 15.6 Å². The number of likely N-dealkylation sites (N-methyl/N-ethyl adjacent to an activating group) is 1. The van der Waals surface area contributed by atoms with Crippen LogP contribution in [-0.4, -0.2) is 46.1 Å². The van der Waals surface area contributed by atoms with Gasteiger partial charge in [0.1, 0.15) is 4.90 Å². The van der Waals surface area contributed by atoms with E-state index in [2.05, 4.69) is 28.2 Å². The molecule has 21 heavy (non-hydrogen) atoms. The smallest absolute Gasteiger partial charge is 0.245 e. The molecule has 0 spiro atoms. The van der Waals surface area contributed by atoms with E-state index in [-0.39, 0.29) is 6.04 Å². The summed E-state index contributed by atoms with van der Waals surface area (Å²) in [6, 6.07) is 1.52. The molecule has 0 aliphatic rings. The lowest BCUT2D eigenvalue weighted by Gasteiger charge is -2.23. The maximum Gasteiger partial charge on any atom is 0.245 e. The van der Waals surface area contributed by atoms with Crippen molar-refractivity contribution in [2.45, 2.75) is 37.8 Å². The SMILES string of the molecule is CCCNCc1cc(S(=O)(=O)N(C)C(C)COC)c(Br)s1. The third kappa shape index (κ3) is 5.01. The van der Waals surface area contributed by atoms with Crippen molar-refractivity contribution in [2.75, 3.05) is 27.3 Å². The molecule has 8 heteroatoms. The Hall–Kier alpha value is 0.01000. The minimum atomic E-state index is -3.51. The molecule has 0 saturated carbocycles. The number of nitrogens with zero attached hydrogens (tertiary/aromatic N) is 1. The van der Waals surface area contributed by atoms with Gasteiger partial charge in [-0.3, -0.25) is 0 Å². The van der Waals surface area contributed by atoms with Crippen molar-refractivity contribution in [1.82, 2.24) is 9.62 Å². The number of rotatable bonds is 9. The Morgan fingerprint density at radius 2 is 2.19 bits per heavy atom. The van der Waals surface area contributed by atoms with E-state index >= 15 is 0 Å². The van der Waals surface area contributed by atoms with Crippen LogP contribution in [0.1, 0.15) is 25.1 Å². The van der Waals surface area contributed by atoms with Crippen LogP contribution in [0.25, 0.3) is 0 Å². The molecule has 5 nitrogen and oxygen atoms in total. The first kappa shape index (κ1) is 19.1. The molecule has 0 aliphatic carbocycles. The molecule has 0 amide bonds. The Morgan fingerprint density at radius 3 is 2.76 bits per heavy atom. The van der Waals surface area contributed by atoms with Crippen LogP contribution in [0.5, 0.6) is 0 Å². The maximum atomic E-state index is 12.6. The minimum absolute atomic E-state index is 0.214. The molecule has 1 aromatic rings. The van der Waals surface area contributed by atoms with Crippen LogP contribution in [0.2, 0.25) is 0 Å². The largest absolute Gasteiger partial charge is 0.383 e. The average Bonchev–Trinajstić information content (AvgIpc) is 2.80. The number of halogens is 1. The van der Waals surface area contributed by atoms with Crippen molar-refractivity contribution in [3.05, 3.63) is 14.7 Å². The van der Waals surface area contributed by atoms with Crippen molar-refractivity contribution >= 4 is 37.3 Å². The molecule has 0 aromatic carbocycles.